The predicted octanol–water partition coefficient (Wildman–Crippen LogP) is 4.19. The molecule has 2 unspecified atom stereocenters. The molecule has 1 aromatic carbocycles. The molecule has 0 amide bonds. The van der Waals surface area contributed by atoms with Gasteiger partial charge in [-0.2, -0.15) is 0 Å². The van der Waals surface area contributed by atoms with Gasteiger partial charge in [0.05, 0.1) is 9.47 Å². The summed E-state index contributed by atoms with van der Waals surface area (Å²) in [5.74, 6) is 0.873. The molecule has 2 nitrogen and oxygen atoms in total. The standard InChI is InChI=1S/C6H7OP.CH5OP.3CH4/c8-7-6-4-2-1-3-5-6;1-2-3;;;/h1-5H,8H2;3H2,1H3;3*1H4. The molecule has 0 N–H and O–H groups in total. The lowest BCUT2D eigenvalue weighted by Crippen LogP contribution is -1.68. The summed E-state index contributed by atoms with van der Waals surface area (Å²) in [5.41, 5.74) is 0. The summed E-state index contributed by atoms with van der Waals surface area (Å²) in [6.07, 6.45) is 0. The number of hydrogen-bond donors (Lipinski definition) is 0. The first-order valence-electron chi connectivity index (χ1n) is 2.99. The Morgan fingerprint density at radius 1 is 0.929 bits per heavy atom. The third-order valence-corrected chi connectivity index (χ3v) is 1.15. The Morgan fingerprint density at radius 3 is 1.50 bits per heavy atom. The van der Waals surface area contributed by atoms with Crippen molar-refractivity contribution in [1.82, 2.24) is 0 Å². The highest BCUT2D eigenvalue weighted by atomic mass is 31.0. The highest BCUT2D eigenvalue weighted by Gasteiger charge is 1.80. The Bertz CT molecular complexity index is 169. The van der Waals surface area contributed by atoms with Crippen molar-refractivity contribution >= 4 is 18.9 Å². The van der Waals surface area contributed by atoms with Gasteiger partial charge in [0.2, 0.25) is 0 Å². The van der Waals surface area contributed by atoms with Gasteiger partial charge in [-0.05, 0) is 21.6 Å². The highest BCUT2D eigenvalue weighted by molar-refractivity contribution is 7.10. The van der Waals surface area contributed by atoms with E-state index in [1.807, 2.05) is 30.3 Å². The average molecular weight is 238 g/mol. The maximum atomic E-state index is 4.83. The smallest absolute Gasteiger partial charge is 0.122 e. The van der Waals surface area contributed by atoms with Crippen molar-refractivity contribution in [2.24, 2.45) is 0 Å². The van der Waals surface area contributed by atoms with E-state index >= 15 is 0 Å². The minimum Gasteiger partial charge on any atom is -0.480 e. The minimum absolute atomic E-state index is 0. The van der Waals surface area contributed by atoms with Crippen molar-refractivity contribution in [2.75, 3.05) is 7.11 Å². The van der Waals surface area contributed by atoms with Crippen LogP contribution in [0.2, 0.25) is 0 Å². The van der Waals surface area contributed by atoms with Crippen LogP contribution in [0.1, 0.15) is 22.3 Å². The zero-order valence-corrected chi connectivity index (χ0v) is 8.67. The highest BCUT2D eigenvalue weighted by Crippen LogP contribution is 2.09. The first-order chi connectivity index (χ1) is 5.35. The van der Waals surface area contributed by atoms with Gasteiger partial charge >= 0.3 is 0 Å². The fourth-order valence-electron chi connectivity index (χ4n) is 0.499. The third kappa shape index (κ3) is 14.4. The van der Waals surface area contributed by atoms with E-state index in [1.54, 1.807) is 7.11 Å². The summed E-state index contributed by atoms with van der Waals surface area (Å²) in [6.45, 7) is 0. The summed E-state index contributed by atoms with van der Waals surface area (Å²) in [7, 11) is 5.86. The number of rotatable bonds is 1. The molecule has 0 spiro atoms. The number of para-hydroxylation sites is 1. The molecule has 0 aromatic heterocycles. The van der Waals surface area contributed by atoms with Crippen molar-refractivity contribution in [3.63, 3.8) is 0 Å². The first kappa shape index (κ1) is 23.6. The van der Waals surface area contributed by atoms with Gasteiger partial charge in [-0.15, -0.1) is 0 Å². The predicted molar refractivity (Wildman–Crippen MR) is 73.7 cm³/mol. The molecule has 0 radical (unpaired) electrons. The Morgan fingerprint density at radius 2 is 1.29 bits per heavy atom. The molecular weight excluding hydrogens is 214 g/mol. The zero-order valence-electron chi connectivity index (χ0n) is 6.36. The van der Waals surface area contributed by atoms with Crippen LogP contribution in [0.5, 0.6) is 5.75 Å². The van der Waals surface area contributed by atoms with E-state index in [2.05, 4.69) is 23.5 Å². The van der Waals surface area contributed by atoms with Gasteiger partial charge in [0.1, 0.15) is 5.75 Å². The van der Waals surface area contributed by atoms with Crippen LogP contribution in [0, 0.1) is 0 Å². The molecule has 2 atom stereocenters. The van der Waals surface area contributed by atoms with E-state index < -0.39 is 0 Å². The van der Waals surface area contributed by atoms with Crippen molar-refractivity contribution in [2.45, 2.75) is 22.3 Å². The Balaban J connectivity index is -0.0000000758. The molecule has 0 aliphatic heterocycles. The molecule has 4 heteroatoms. The quantitative estimate of drug-likeness (QED) is 0.683. The van der Waals surface area contributed by atoms with E-state index in [4.69, 9.17) is 4.52 Å². The topological polar surface area (TPSA) is 18.5 Å². The van der Waals surface area contributed by atoms with E-state index in [-0.39, 0.29) is 22.3 Å². The average Bonchev–Trinajstić information content (AvgIpc) is 2.08. The van der Waals surface area contributed by atoms with E-state index in [0.717, 1.165) is 5.75 Å². The van der Waals surface area contributed by atoms with Gasteiger partial charge < -0.3 is 9.05 Å². The van der Waals surface area contributed by atoms with Gasteiger partial charge in [-0.1, -0.05) is 40.5 Å². The summed E-state index contributed by atoms with van der Waals surface area (Å²) in [4.78, 5) is 0. The van der Waals surface area contributed by atoms with Crippen molar-refractivity contribution in [3.8, 4) is 5.75 Å². The second kappa shape index (κ2) is 18.6. The van der Waals surface area contributed by atoms with Crippen LogP contribution in [0.4, 0.5) is 0 Å². The van der Waals surface area contributed by atoms with Crippen LogP contribution in [0.15, 0.2) is 30.3 Å². The van der Waals surface area contributed by atoms with Crippen LogP contribution < -0.4 is 4.52 Å². The summed E-state index contributed by atoms with van der Waals surface area (Å²) in [6, 6.07) is 9.60. The molecule has 0 saturated heterocycles. The summed E-state index contributed by atoms with van der Waals surface area (Å²) in [5, 5.41) is 0. The van der Waals surface area contributed by atoms with Gasteiger partial charge in [0.15, 0.2) is 0 Å². The van der Waals surface area contributed by atoms with Crippen molar-refractivity contribution in [3.05, 3.63) is 30.3 Å². The normalized spacial score (nSPS) is 6.21. The molecule has 1 rings (SSSR count). The second-order valence-electron chi connectivity index (χ2n) is 1.67. The molecule has 0 saturated carbocycles. The largest absolute Gasteiger partial charge is 0.480 e. The maximum Gasteiger partial charge on any atom is 0.122 e. The Kier molecular flexibility index (Phi) is 31.3. The molecule has 0 aliphatic carbocycles. The Hall–Kier alpha value is -0.160. The number of hydrogen-bond acceptors (Lipinski definition) is 2. The molecular formula is C10H24O2P2. The van der Waals surface area contributed by atoms with Crippen LogP contribution in [-0.2, 0) is 4.52 Å². The molecule has 0 heterocycles. The van der Waals surface area contributed by atoms with Gasteiger partial charge in [-0.25, -0.2) is 0 Å². The Labute approximate surface area is 94.0 Å². The third-order valence-electron chi connectivity index (χ3n) is 0.879. The van der Waals surface area contributed by atoms with Crippen LogP contribution in [0.25, 0.3) is 0 Å². The lowest BCUT2D eigenvalue weighted by Gasteiger charge is -1.93. The van der Waals surface area contributed by atoms with E-state index in [0.29, 0.717) is 0 Å². The lowest BCUT2D eigenvalue weighted by atomic mass is 10.3. The second-order valence-corrected chi connectivity index (χ2v) is 2.37. The summed E-state index contributed by atoms with van der Waals surface area (Å²) >= 11 is 0. The molecule has 14 heavy (non-hydrogen) atoms. The molecule has 0 bridgehead atoms. The fraction of sp³-hybridized carbons (Fsp3) is 0.400. The van der Waals surface area contributed by atoms with E-state index in [1.165, 1.54) is 0 Å². The SMILES string of the molecule is C.C.C.COP.POc1ccccc1. The number of benzene rings is 1. The fourth-order valence-corrected chi connectivity index (χ4v) is 0.656. The lowest BCUT2D eigenvalue weighted by molar-refractivity contribution is 0.488. The van der Waals surface area contributed by atoms with Crippen LogP contribution in [-0.4, -0.2) is 7.11 Å². The van der Waals surface area contributed by atoms with Gasteiger partial charge in [0.25, 0.3) is 0 Å². The van der Waals surface area contributed by atoms with Gasteiger partial charge in [0, 0.05) is 7.11 Å². The summed E-state index contributed by atoms with van der Waals surface area (Å²) < 4.78 is 9.00. The minimum atomic E-state index is 0. The first-order valence-corrected chi connectivity index (χ1v) is 3.94. The molecule has 86 valence electrons. The van der Waals surface area contributed by atoms with Gasteiger partial charge in [-0.3, -0.25) is 0 Å². The zero-order chi connectivity index (χ0) is 8.53. The molecule has 0 fully saturated rings. The maximum absolute atomic E-state index is 4.83. The van der Waals surface area contributed by atoms with Crippen LogP contribution in [0.3, 0.4) is 0 Å². The van der Waals surface area contributed by atoms with Crippen molar-refractivity contribution in [1.29, 1.82) is 0 Å². The van der Waals surface area contributed by atoms with Crippen LogP contribution >= 0.6 is 18.9 Å². The molecule has 1 aromatic rings. The molecule has 0 aliphatic rings. The monoisotopic (exact) mass is 238 g/mol. The van der Waals surface area contributed by atoms with E-state index in [9.17, 15) is 0 Å². The van der Waals surface area contributed by atoms with Crippen molar-refractivity contribution < 1.29 is 9.05 Å².